The number of hydrogen-bond donors (Lipinski definition) is 2. The van der Waals surface area contributed by atoms with Crippen LogP contribution in [-0.4, -0.2) is 48.4 Å². The molecule has 1 aromatic carbocycles. The van der Waals surface area contributed by atoms with Crippen molar-refractivity contribution in [1.29, 1.82) is 0 Å². The molecule has 1 saturated heterocycles. The predicted octanol–water partition coefficient (Wildman–Crippen LogP) is 2.36. The van der Waals surface area contributed by atoms with Crippen molar-refractivity contribution in [3.8, 4) is 5.75 Å². The van der Waals surface area contributed by atoms with E-state index in [9.17, 15) is 14.0 Å². The SMILES string of the molecule is O=C(O)C1CCCN(C(=O)Nc2cccc(OCCF)c2)C1. The first kappa shape index (κ1) is 16.1. The molecule has 1 aromatic rings. The van der Waals surface area contributed by atoms with E-state index in [4.69, 9.17) is 9.84 Å². The van der Waals surface area contributed by atoms with Crippen LogP contribution in [0.5, 0.6) is 5.75 Å². The van der Waals surface area contributed by atoms with Gasteiger partial charge in [-0.25, -0.2) is 9.18 Å². The van der Waals surface area contributed by atoms with Crippen molar-refractivity contribution < 1.29 is 23.8 Å². The summed E-state index contributed by atoms with van der Waals surface area (Å²) in [5.41, 5.74) is 0.527. The van der Waals surface area contributed by atoms with Crippen molar-refractivity contribution in [1.82, 2.24) is 4.90 Å². The molecule has 2 N–H and O–H groups in total. The Bertz CT molecular complexity index is 538. The highest BCUT2D eigenvalue weighted by Crippen LogP contribution is 2.20. The summed E-state index contributed by atoms with van der Waals surface area (Å²) in [5.74, 6) is -0.921. The Morgan fingerprint density at radius 1 is 1.45 bits per heavy atom. The van der Waals surface area contributed by atoms with E-state index in [1.54, 1.807) is 24.3 Å². The maximum atomic E-state index is 12.2. The molecule has 0 aliphatic carbocycles. The van der Waals surface area contributed by atoms with Gasteiger partial charge < -0.3 is 20.1 Å². The fourth-order valence-corrected chi connectivity index (χ4v) is 2.39. The van der Waals surface area contributed by atoms with Crippen molar-refractivity contribution in [3.63, 3.8) is 0 Å². The van der Waals surface area contributed by atoms with E-state index in [1.165, 1.54) is 4.90 Å². The fraction of sp³-hybridized carbons (Fsp3) is 0.467. The number of ether oxygens (including phenoxy) is 1. The van der Waals surface area contributed by atoms with Gasteiger partial charge in [0, 0.05) is 24.8 Å². The number of alkyl halides is 1. The van der Waals surface area contributed by atoms with E-state index < -0.39 is 18.6 Å². The quantitative estimate of drug-likeness (QED) is 0.875. The molecule has 120 valence electrons. The topological polar surface area (TPSA) is 78.9 Å². The van der Waals surface area contributed by atoms with Crippen LogP contribution in [0.2, 0.25) is 0 Å². The predicted molar refractivity (Wildman–Crippen MR) is 78.9 cm³/mol. The standard InChI is InChI=1S/C15H19FN2O4/c16-6-8-22-13-5-1-4-12(9-13)17-15(21)18-7-2-3-11(10-18)14(19)20/h1,4-5,9,11H,2-3,6-8,10H2,(H,17,21)(H,19,20). The van der Waals surface area contributed by atoms with Crippen LogP contribution in [0.15, 0.2) is 24.3 Å². The molecule has 0 aromatic heterocycles. The van der Waals surface area contributed by atoms with E-state index >= 15 is 0 Å². The summed E-state index contributed by atoms with van der Waals surface area (Å²) in [5, 5.41) is 11.7. The molecule has 0 saturated carbocycles. The summed E-state index contributed by atoms with van der Waals surface area (Å²) in [7, 11) is 0. The van der Waals surface area contributed by atoms with Gasteiger partial charge in [0.2, 0.25) is 0 Å². The fourth-order valence-electron chi connectivity index (χ4n) is 2.39. The summed E-state index contributed by atoms with van der Waals surface area (Å²) >= 11 is 0. The monoisotopic (exact) mass is 310 g/mol. The molecule has 1 fully saturated rings. The van der Waals surface area contributed by atoms with Crippen molar-refractivity contribution >= 4 is 17.7 Å². The van der Waals surface area contributed by atoms with Crippen LogP contribution < -0.4 is 10.1 Å². The summed E-state index contributed by atoms with van der Waals surface area (Å²) in [4.78, 5) is 24.7. The Labute approximate surface area is 127 Å². The third-order valence-electron chi connectivity index (χ3n) is 3.49. The summed E-state index contributed by atoms with van der Waals surface area (Å²) in [6.07, 6.45) is 1.26. The number of rotatable bonds is 5. The van der Waals surface area contributed by atoms with Crippen LogP contribution in [0.25, 0.3) is 0 Å². The molecule has 2 rings (SSSR count). The van der Waals surface area contributed by atoms with Gasteiger partial charge in [0.25, 0.3) is 0 Å². The van der Waals surface area contributed by atoms with Gasteiger partial charge in [0.1, 0.15) is 19.0 Å². The third kappa shape index (κ3) is 4.34. The van der Waals surface area contributed by atoms with Gasteiger partial charge >= 0.3 is 12.0 Å². The van der Waals surface area contributed by atoms with E-state index in [-0.39, 0.29) is 19.2 Å². The lowest BCUT2D eigenvalue weighted by molar-refractivity contribution is -0.143. The molecule has 0 spiro atoms. The highest BCUT2D eigenvalue weighted by atomic mass is 19.1. The maximum Gasteiger partial charge on any atom is 0.321 e. The number of carbonyl (C=O) groups excluding carboxylic acids is 1. The molecular weight excluding hydrogens is 291 g/mol. The van der Waals surface area contributed by atoms with E-state index in [0.717, 1.165) is 0 Å². The number of piperidine rings is 1. The number of halogens is 1. The normalized spacial score (nSPS) is 17.9. The molecule has 1 aliphatic rings. The summed E-state index contributed by atoms with van der Waals surface area (Å²) in [6, 6.07) is 6.32. The van der Waals surface area contributed by atoms with Gasteiger partial charge in [-0.3, -0.25) is 4.79 Å². The average molecular weight is 310 g/mol. The van der Waals surface area contributed by atoms with Gasteiger partial charge in [-0.2, -0.15) is 0 Å². The first-order valence-electron chi connectivity index (χ1n) is 7.17. The van der Waals surface area contributed by atoms with Crippen LogP contribution in [0.1, 0.15) is 12.8 Å². The molecule has 0 radical (unpaired) electrons. The smallest absolute Gasteiger partial charge is 0.321 e. The minimum atomic E-state index is -0.876. The molecule has 1 heterocycles. The Morgan fingerprint density at radius 2 is 2.27 bits per heavy atom. The number of anilines is 1. The second kappa shape index (κ2) is 7.63. The van der Waals surface area contributed by atoms with Crippen molar-refractivity contribution in [2.24, 2.45) is 5.92 Å². The van der Waals surface area contributed by atoms with E-state index in [2.05, 4.69) is 5.32 Å². The molecule has 2 amide bonds. The zero-order chi connectivity index (χ0) is 15.9. The van der Waals surface area contributed by atoms with Crippen LogP contribution in [-0.2, 0) is 4.79 Å². The first-order chi connectivity index (χ1) is 10.6. The number of carboxylic acid groups (broad SMARTS) is 1. The second-order valence-electron chi connectivity index (χ2n) is 5.12. The minimum absolute atomic E-state index is 0.0379. The minimum Gasteiger partial charge on any atom is -0.491 e. The van der Waals surface area contributed by atoms with Crippen molar-refractivity contribution in [2.45, 2.75) is 12.8 Å². The van der Waals surface area contributed by atoms with Crippen molar-refractivity contribution in [3.05, 3.63) is 24.3 Å². The van der Waals surface area contributed by atoms with Crippen molar-refractivity contribution in [2.75, 3.05) is 31.7 Å². The number of likely N-dealkylation sites (tertiary alicyclic amines) is 1. The lowest BCUT2D eigenvalue weighted by atomic mass is 9.99. The Hall–Kier alpha value is -2.31. The van der Waals surface area contributed by atoms with Crippen LogP contribution in [0.4, 0.5) is 14.9 Å². The van der Waals surface area contributed by atoms with Gasteiger partial charge in [0.05, 0.1) is 5.92 Å². The van der Waals surface area contributed by atoms with Gasteiger partial charge in [-0.15, -0.1) is 0 Å². The highest BCUT2D eigenvalue weighted by Gasteiger charge is 2.28. The molecule has 6 nitrogen and oxygen atoms in total. The Morgan fingerprint density at radius 3 is 3.00 bits per heavy atom. The molecular formula is C15H19FN2O4. The Kier molecular flexibility index (Phi) is 5.57. The largest absolute Gasteiger partial charge is 0.491 e. The highest BCUT2D eigenvalue weighted by molar-refractivity contribution is 5.90. The number of benzene rings is 1. The molecule has 1 aliphatic heterocycles. The van der Waals surface area contributed by atoms with Gasteiger partial charge in [-0.05, 0) is 25.0 Å². The Balaban J connectivity index is 1.95. The number of nitrogens with zero attached hydrogens (tertiary/aromatic N) is 1. The number of carbonyl (C=O) groups is 2. The molecule has 1 atom stereocenters. The third-order valence-corrected chi connectivity index (χ3v) is 3.49. The molecule has 22 heavy (non-hydrogen) atoms. The van der Waals surface area contributed by atoms with Crippen LogP contribution in [0.3, 0.4) is 0 Å². The molecule has 0 bridgehead atoms. The second-order valence-corrected chi connectivity index (χ2v) is 5.12. The summed E-state index contributed by atoms with van der Waals surface area (Å²) < 4.78 is 17.2. The van der Waals surface area contributed by atoms with Gasteiger partial charge in [-0.1, -0.05) is 6.07 Å². The zero-order valence-corrected chi connectivity index (χ0v) is 12.1. The number of amides is 2. The zero-order valence-electron chi connectivity index (χ0n) is 12.1. The molecule has 7 heteroatoms. The number of hydrogen-bond acceptors (Lipinski definition) is 3. The van der Waals surface area contributed by atoms with E-state index in [0.29, 0.717) is 30.8 Å². The number of aliphatic carboxylic acids is 1. The maximum absolute atomic E-state index is 12.2. The number of nitrogens with one attached hydrogen (secondary N) is 1. The average Bonchev–Trinajstić information content (AvgIpc) is 2.53. The van der Waals surface area contributed by atoms with Crippen LogP contribution in [0, 0.1) is 5.92 Å². The van der Waals surface area contributed by atoms with Crippen LogP contribution >= 0.6 is 0 Å². The van der Waals surface area contributed by atoms with E-state index in [1.807, 2.05) is 0 Å². The lowest BCUT2D eigenvalue weighted by Crippen LogP contribution is -2.44. The molecule has 1 unspecified atom stereocenters. The number of carboxylic acids is 1. The first-order valence-corrected chi connectivity index (χ1v) is 7.17. The lowest BCUT2D eigenvalue weighted by Gasteiger charge is -2.30. The number of urea groups is 1. The van der Waals surface area contributed by atoms with Gasteiger partial charge in [0.15, 0.2) is 0 Å². The summed E-state index contributed by atoms with van der Waals surface area (Å²) in [6.45, 7) is 0.123.